The van der Waals surface area contributed by atoms with Crippen LogP contribution in [-0.4, -0.2) is 176 Å². The zero-order valence-electron chi connectivity index (χ0n) is 41.9. The Bertz CT molecular complexity index is 2220. The Morgan fingerprint density at radius 1 is 0.707 bits per heavy atom. The van der Waals surface area contributed by atoms with E-state index in [2.05, 4.69) is 16.0 Å². The van der Waals surface area contributed by atoms with E-state index in [4.69, 9.17) is 96.4 Å². The maximum atomic E-state index is 14.2. The average Bonchev–Trinajstić information content (AvgIpc) is 3.30. The summed E-state index contributed by atoms with van der Waals surface area (Å²) < 4.78 is 71.2. The third-order valence-electron chi connectivity index (χ3n) is 10.2. The van der Waals surface area contributed by atoms with Crippen molar-refractivity contribution in [2.75, 3.05) is 33.5 Å². The molecule has 2 aliphatic heterocycles. The second-order valence-corrected chi connectivity index (χ2v) is 19.0. The quantitative estimate of drug-likeness (QED) is 0.0776. The third kappa shape index (κ3) is 20.9. The number of carbonyl (C=O) groups excluding carboxylic acids is 11. The van der Waals surface area contributed by atoms with Gasteiger partial charge in [-0.05, 0) is 5.56 Å². The fourth-order valence-electron chi connectivity index (χ4n) is 7.52. The van der Waals surface area contributed by atoms with Crippen molar-refractivity contribution < 1.29 is 114 Å². The van der Waals surface area contributed by atoms with E-state index in [1.807, 2.05) is 0 Å². The summed E-state index contributed by atoms with van der Waals surface area (Å²) >= 11 is 17.2. The molecule has 0 aromatic heterocycles. The summed E-state index contributed by atoms with van der Waals surface area (Å²) in [6.45, 7) is 4.08. The molecule has 0 aliphatic carbocycles. The van der Waals surface area contributed by atoms with Crippen LogP contribution in [0.25, 0.3) is 0 Å². The molecule has 0 radical (unpaired) electrons. The van der Waals surface area contributed by atoms with Crippen molar-refractivity contribution in [3.63, 3.8) is 0 Å². The van der Waals surface area contributed by atoms with Crippen LogP contribution in [0.3, 0.4) is 0 Å². The van der Waals surface area contributed by atoms with Gasteiger partial charge in [-0.1, -0.05) is 65.1 Å². The van der Waals surface area contributed by atoms with Gasteiger partial charge in [-0.15, -0.1) is 0 Å². The standard InChI is InChI=1S/C45H58Cl3N3O24/c1-21(52)49-34-31(69-24(4)55)15-44(42(61)63-9,75-39(34)37(72-27(7)58)32(70-25(5)56)18-64-23(3)54)68-19-33-36(71-26(6)57)38(73-28(8)59)35(50-22(2)53)41(74-33)66-17-30(51-43(62)67-20-45(46,47)48)40(60)65-16-29-13-11-10-12-14-29/h10-14,30-39,41H,15-20H2,1-9H3,(H,49,52)(H,50,53)(H,51,62)/t30-,31-,32+,33+,34+,35+,36-,37+,38+,39+,41-,44+/m0/s1. The van der Waals surface area contributed by atoms with Gasteiger partial charge in [-0.25, -0.2) is 14.4 Å². The molecule has 1 aromatic rings. The van der Waals surface area contributed by atoms with E-state index in [-0.39, 0.29) is 6.61 Å². The molecule has 3 N–H and O–H groups in total. The summed E-state index contributed by atoms with van der Waals surface area (Å²) in [5, 5.41) is 7.22. The van der Waals surface area contributed by atoms with Crippen molar-refractivity contribution in [2.24, 2.45) is 0 Å². The monoisotopic (exact) mass is 1130 g/mol. The topological polar surface area (TPSA) is 344 Å². The van der Waals surface area contributed by atoms with Crippen LogP contribution < -0.4 is 16.0 Å². The van der Waals surface area contributed by atoms with Gasteiger partial charge in [0.25, 0.3) is 5.79 Å². The number of ether oxygens (including phenoxy) is 13. The maximum absolute atomic E-state index is 14.2. The number of hydrogen-bond acceptors (Lipinski definition) is 24. The number of alkyl halides is 3. The lowest BCUT2D eigenvalue weighted by Gasteiger charge is -2.49. The molecular weight excluding hydrogens is 1070 g/mol. The summed E-state index contributed by atoms with van der Waals surface area (Å²) in [4.78, 5) is 142. The molecular formula is C45H58Cl3N3O24. The van der Waals surface area contributed by atoms with Gasteiger partial charge in [-0.3, -0.25) is 38.4 Å². The minimum Gasteiger partial charge on any atom is -0.465 e. The van der Waals surface area contributed by atoms with Crippen molar-refractivity contribution in [1.82, 2.24) is 16.0 Å². The molecule has 2 saturated heterocycles. The Balaban J connectivity index is 2.24. The summed E-state index contributed by atoms with van der Waals surface area (Å²) in [5.41, 5.74) is 0.533. The Labute approximate surface area is 443 Å². The van der Waals surface area contributed by atoms with E-state index in [0.717, 1.165) is 62.5 Å². The molecule has 2 heterocycles. The fraction of sp³-hybridized carbons (Fsp3) is 0.622. The smallest absolute Gasteiger partial charge is 0.408 e. The molecule has 75 heavy (non-hydrogen) atoms. The normalized spacial score (nSPS) is 24.4. The van der Waals surface area contributed by atoms with Crippen LogP contribution >= 0.6 is 34.8 Å². The van der Waals surface area contributed by atoms with Crippen molar-refractivity contribution in [3.05, 3.63) is 35.9 Å². The van der Waals surface area contributed by atoms with Crippen molar-refractivity contribution >= 4 is 100 Å². The lowest BCUT2D eigenvalue weighted by molar-refractivity contribution is -0.333. The van der Waals surface area contributed by atoms with E-state index in [0.29, 0.717) is 5.56 Å². The Kier molecular flexibility index (Phi) is 24.7. The summed E-state index contributed by atoms with van der Waals surface area (Å²) in [6, 6.07) is 3.31. The highest BCUT2D eigenvalue weighted by Crippen LogP contribution is 2.38. The van der Waals surface area contributed by atoms with Crippen LogP contribution in [0.2, 0.25) is 0 Å². The molecule has 1 aromatic carbocycles. The van der Waals surface area contributed by atoms with Gasteiger partial charge < -0.3 is 77.5 Å². The lowest BCUT2D eigenvalue weighted by Crippen LogP contribution is -2.70. The number of benzene rings is 1. The van der Waals surface area contributed by atoms with Gasteiger partial charge in [0.2, 0.25) is 15.6 Å². The van der Waals surface area contributed by atoms with E-state index in [1.54, 1.807) is 30.3 Å². The van der Waals surface area contributed by atoms with E-state index in [1.165, 1.54) is 0 Å². The Morgan fingerprint density at radius 2 is 1.29 bits per heavy atom. The zero-order valence-corrected chi connectivity index (χ0v) is 44.2. The molecule has 3 rings (SSSR count). The molecule has 0 saturated carbocycles. The minimum absolute atomic E-state index is 0.305. The van der Waals surface area contributed by atoms with Crippen molar-refractivity contribution in [2.45, 2.75) is 145 Å². The largest absolute Gasteiger partial charge is 0.465 e. The zero-order chi connectivity index (χ0) is 56.4. The summed E-state index contributed by atoms with van der Waals surface area (Å²) in [6.07, 6.45) is -16.8. The minimum atomic E-state index is -2.87. The van der Waals surface area contributed by atoms with Gasteiger partial charge in [0, 0.05) is 55.4 Å². The highest BCUT2D eigenvalue weighted by molar-refractivity contribution is 6.67. The SMILES string of the molecule is COC(=O)[C@@]1(OC[C@H]2O[C@H](OC[C@H](NC(=O)OCC(Cl)(Cl)Cl)C(=O)OCc3ccccc3)[C@H](NC(C)=O)[C@@H](OC(C)=O)[C@H]2OC(C)=O)C[C@H](OC(C)=O)[C@@H](NC(C)=O)[C@H]([C@H](OC(C)=O)[C@@H](COC(C)=O)OC(C)=O)O1. The fourth-order valence-corrected chi connectivity index (χ4v) is 7.68. The molecule has 0 bridgehead atoms. The van der Waals surface area contributed by atoms with Crippen molar-refractivity contribution in [3.8, 4) is 0 Å². The van der Waals surface area contributed by atoms with Crippen LogP contribution in [0.1, 0.15) is 67.4 Å². The number of amides is 3. The third-order valence-corrected chi connectivity index (χ3v) is 10.5. The van der Waals surface area contributed by atoms with Crippen LogP contribution in [0.4, 0.5) is 4.79 Å². The van der Waals surface area contributed by atoms with Gasteiger partial charge >= 0.3 is 53.8 Å². The number of esters is 8. The van der Waals surface area contributed by atoms with Crippen LogP contribution in [0.5, 0.6) is 0 Å². The second-order valence-electron chi connectivity index (χ2n) is 16.5. The van der Waals surface area contributed by atoms with Crippen LogP contribution in [0, 0.1) is 0 Å². The van der Waals surface area contributed by atoms with E-state index in [9.17, 15) is 52.7 Å². The summed E-state index contributed by atoms with van der Waals surface area (Å²) in [7, 11) is 0.887. The first-order chi connectivity index (χ1) is 35.0. The number of rotatable bonds is 23. The van der Waals surface area contributed by atoms with Crippen LogP contribution in [0.15, 0.2) is 30.3 Å². The number of methoxy groups -OCH3 is 1. The van der Waals surface area contributed by atoms with Crippen LogP contribution in [-0.2, 0) is 116 Å². The molecule has 3 amide bonds. The number of alkyl carbamates (subject to hydrolysis) is 1. The second kappa shape index (κ2) is 29.3. The number of carbonyl (C=O) groups is 11. The van der Waals surface area contributed by atoms with Crippen molar-refractivity contribution in [1.29, 1.82) is 0 Å². The summed E-state index contributed by atoms with van der Waals surface area (Å²) in [5.74, 6) is -13.0. The first-order valence-corrected chi connectivity index (χ1v) is 23.6. The molecule has 27 nitrogen and oxygen atoms in total. The van der Waals surface area contributed by atoms with E-state index < -0.39 is 175 Å². The lowest BCUT2D eigenvalue weighted by atomic mass is 9.87. The molecule has 0 spiro atoms. The van der Waals surface area contributed by atoms with Gasteiger partial charge in [0.1, 0.15) is 44.2 Å². The Hall–Kier alpha value is -6.10. The maximum Gasteiger partial charge on any atom is 0.408 e. The first kappa shape index (κ1) is 63.2. The van der Waals surface area contributed by atoms with Gasteiger partial charge in [0.15, 0.2) is 36.7 Å². The Morgan fingerprint density at radius 3 is 1.83 bits per heavy atom. The van der Waals surface area contributed by atoms with E-state index >= 15 is 0 Å². The number of nitrogens with one attached hydrogen (secondary N) is 3. The predicted octanol–water partition coefficient (Wildman–Crippen LogP) is 0.842. The molecule has 12 atom stereocenters. The average molecular weight is 1130 g/mol. The molecule has 418 valence electrons. The van der Waals surface area contributed by atoms with Gasteiger partial charge in [-0.2, -0.15) is 0 Å². The first-order valence-electron chi connectivity index (χ1n) is 22.5. The molecule has 30 heteroatoms. The highest BCUT2D eigenvalue weighted by atomic mass is 35.6. The van der Waals surface area contributed by atoms with Gasteiger partial charge in [0.05, 0.1) is 32.8 Å². The number of halogens is 3. The highest BCUT2D eigenvalue weighted by Gasteiger charge is 2.60. The number of hydrogen-bond donors (Lipinski definition) is 3. The molecule has 2 fully saturated rings. The molecule has 2 aliphatic rings. The predicted molar refractivity (Wildman–Crippen MR) is 249 cm³/mol. The molecule has 0 unspecified atom stereocenters.